The largest absolute Gasteiger partial charge is 0.271 e. The molecule has 20 heavy (non-hydrogen) atoms. The van der Waals surface area contributed by atoms with Crippen molar-refractivity contribution in [2.24, 2.45) is 23.6 Å². The van der Waals surface area contributed by atoms with Crippen LogP contribution in [0.1, 0.15) is 37.7 Å². The van der Waals surface area contributed by atoms with Gasteiger partial charge in [-0.25, -0.2) is 4.39 Å². The number of nitrogens with one attached hydrogen (secondary N) is 1. The Balaban J connectivity index is 1.63. The van der Waals surface area contributed by atoms with E-state index in [0.29, 0.717) is 17.0 Å². The minimum Gasteiger partial charge on any atom is -0.271 e. The zero-order valence-electron chi connectivity index (χ0n) is 11.6. The molecule has 0 amide bonds. The Morgan fingerprint density at radius 2 is 2.20 bits per heavy atom. The van der Waals surface area contributed by atoms with E-state index in [1.807, 2.05) is 0 Å². The molecule has 2 bridgehead atoms. The van der Waals surface area contributed by atoms with Gasteiger partial charge < -0.3 is 0 Å². The second-order valence-electron chi connectivity index (χ2n) is 6.47. The molecule has 110 valence electrons. The Kier molecular flexibility index (Phi) is 4.29. The summed E-state index contributed by atoms with van der Waals surface area (Å²) in [5.41, 5.74) is 3.53. The molecule has 2 saturated carbocycles. The molecular formula is C16H22ClFN2. The molecule has 0 heterocycles. The summed E-state index contributed by atoms with van der Waals surface area (Å²) in [4.78, 5) is 0. The lowest BCUT2D eigenvalue weighted by Gasteiger charge is -2.26. The van der Waals surface area contributed by atoms with Crippen LogP contribution in [0.15, 0.2) is 18.2 Å². The summed E-state index contributed by atoms with van der Waals surface area (Å²) in [6, 6.07) is 4.86. The molecule has 0 aromatic heterocycles. The second kappa shape index (κ2) is 6.00. The van der Waals surface area contributed by atoms with Gasteiger partial charge in [0, 0.05) is 11.1 Å². The third kappa shape index (κ3) is 3.00. The molecule has 1 aromatic rings. The summed E-state index contributed by atoms with van der Waals surface area (Å²) < 4.78 is 13.8. The molecule has 3 rings (SSSR count). The van der Waals surface area contributed by atoms with Crippen molar-refractivity contribution in [2.75, 3.05) is 0 Å². The van der Waals surface area contributed by atoms with Gasteiger partial charge in [-0.3, -0.25) is 11.3 Å². The predicted molar refractivity (Wildman–Crippen MR) is 79.8 cm³/mol. The van der Waals surface area contributed by atoms with Crippen molar-refractivity contribution in [3.63, 3.8) is 0 Å². The van der Waals surface area contributed by atoms with Crippen LogP contribution < -0.4 is 11.3 Å². The van der Waals surface area contributed by atoms with Crippen LogP contribution in [0, 0.1) is 23.6 Å². The van der Waals surface area contributed by atoms with Crippen LogP contribution >= 0.6 is 11.6 Å². The zero-order valence-corrected chi connectivity index (χ0v) is 12.4. The number of nitrogens with two attached hydrogens (primary N) is 1. The first kappa shape index (κ1) is 14.3. The van der Waals surface area contributed by atoms with Gasteiger partial charge in [0.05, 0.1) is 0 Å². The van der Waals surface area contributed by atoms with Crippen molar-refractivity contribution in [3.05, 3.63) is 34.6 Å². The molecule has 4 heteroatoms. The number of hydrogen-bond donors (Lipinski definition) is 2. The van der Waals surface area contributed by atoms with Crippen LogP contribution in [0.25, 0.3) is 0 Å². The van der Waals surface area contributed by atoms with Gasteiger partial charge in [-0.1, -0.05) is 18.0 Å². The lowest BCUT2D eigenvalue weighted by Crippen LogP contribution is -2.39. The average Bonchev–Trinajstić information content (AvgIpc) is 3.04. The van der Waals surface area contributed by atoms with Gasteiger partial charge in [-0.05, 0) is 73.6 Å². The third-order valence-corrected chi connectivity index (χ3v) is 5.42. The quantitative estimate of drug-likeness (QED) is 0.642. The lowest BCUT2D eigenvalue weighted by atomic mass is 9.83. The smallest absolute Gasteiger partial charge is 0.126 e. The van der Waals surface area contributed by atoms with E-state index in [1.54, 1.807) is 12.1 Å². The fraction of sp³-hybridized carbons (Fsp3) is 0.625. The normalized spacial score (nSPS) is 29.9. The van der Waals surface area contributed by atoms with Gasteiger partial charge in [0.25, 0.3) is 0 Å². The summed E-state index contributed by atoms with van der Waals surface area (Å²) in [5.74, 6) is 8.06. The molecule has 2 fully saturated rings. The fourth-order valence-electron chi connectivity index (χ4n) is 4.21. The molecule has 0 aliphatic heterocycles. The predicted octanol–water partition coefficient (Wildman–Crippen LogP) is 3.68. The molecule has 2 aliphatic carbocycles. The van der Waals surface area contributed by atoms with E-state index in [4.69, 9.17) is 17.4 Å². The number of halogens is 2. The molecule has 1 aromatic carbocycles. The lowest BCUT2D eigenvalue weighted by molar-refractivity contribution is 0.276. The van der Waals surface area contributed by atoms with Crippen molar-refractivity contribution >= 4 is 11.6 Å². The minimum atomic E-state index is -0.192. The first-order chi connectivity index (χ1) is 9.65. The van der Waals surface area contributed by atoms with E-state index in [-0.39, 0.29) is 11.9 Å². The van der Waals surface area contributed by atoms with Gasteiger partial charge in [-0.2, -0.15) is 0 Å². The third-order valence-electron chi connectivity index (χ3n) is 5.18. The number of hydrogen-bond acceptors (Lipinski definition) is 2. The Morgan fingerprint density at radius 3 is 2.85 bits per heavy atom. The Morgan fingerprint density at radius 1 is 1.35 bits per heavy atom. The van der Waals surface area contributed by atoms with E-state index >= 15 is 0 Å². The van der Waals surface area contributed by atoms with Crippen molar-refractivity contribution in [2.45, 2.75) is 44.6 Å². The van der Waals surface area contributed by atoms with Crippen LogP contribution in [0.3, 0.4) is 0 Å². The van der Waals surface area contributed by atoms with Crippen molar-refractivity contribution in [3.8, 4) is 0 Å². The van der Waals surface area contributed by atoms with Crippen molar-refractivity contribution in [1.82, 2.24) is 5.43 Å². The summed E-state index contributed by atoms with van der Waals surface area (Å²) in [5, 5.41) is 0.581. The Hall–Kier alpha value is -0.640. The summed E-state index contributed by atoms with van der Waals surface area (Å²) in [7, 11) is 0. The Bertz CT molecular complexity index is 480. The highest BCUT2D eigenvalue weighted by atomic mass is 35.5. The van der Waals surface area contributed by atoms with E-state index < -0.39 is 0 Å². The maximum Gasteiger partial charge on any atom is 0.126 e. The highest BCUT2D eigenvalue weighted by molar-refractivity contribution is 6.30. The first-order valence-electron chi connectivity index (χ1n) is 7.55. The topological polar surface area (TPSA) is 38.0 Å². The van der Waals surface area contributed by atoms with Gasteiger partial charge in [-0.15, -0.1) is 0 Å². The molecule has 0 radical (unpaired) electrons. The molecule has 0 spiro atoms. The summed E-state index contributed by atoms with van der Waals surface area (Å²) in [6.45, 7) is 0. The van der Waals surface area contributed by atoms with Gasteiger partial charge in [0.15, 0.2) is 0 Å². The van der Waals surface area contributed by atoms with Crippen molar-refractivity contribution in [1.29, 1.82) is 0 Å². The summed E-state index contributed by atoms with van der Waals surface area (Å²) >= 11 is 5.95. The van der Waals surface area contributed by atoms with E-state index in [2.05, 4.69) is 5.43 Å². The molecule has 2 aliphatic rings. The standard InChI is InChI=1S/C16H22ClFN2/c17-14-3-4-16(18)13(7-14)9-15(20-19)8-12-6-10-1-2-11(12)5-10/h3-4,7,10-12,15,20H,1-2,5-6,8-9,19H2. The molecule has 3 N–H and O–H groups in total. The van der Waals surface area contributed by atoms with E-state index in [0.717, 1.165) is 24.2 Å². The highest BCUT2D eigenvalue weighted by Gasteiger charge is 2.40. The maximum absolute atomic E-state index is 13.8. The average molecular weight is 297 g/mol. The van der Waals surface area contributed by atoms with Crippen molar-refractivity contribution < 1.29 is 4.39 Å². The first-order valence-corrected chi connectivity index (χ1v) is 7.93. The van der Waals surface area contributed by atoms with Crippen LogP contribution in [0.5, 0.6) is 0 Å². The zero-order chi connectivity index (χ0) is 14.1. The van der Waals surface area contributed by atoms with E-state index in [9.17, 15) is 4.39 Å². The van der Waals surface area contributed by atoms with Gasteiger partial charge >= 0.3 is 0 Å². The second-order valence-corrected chi connectivity index (χ2v) is 6.91. The molecule has 2 nitrogen and oxygen atoms in total. The SMILES string of the molecule is NNC(Cc1cc(Cl)ccc1F)CC1CC2CCC1C2. The van der Waals surface area contributed by atoms with Gasteiger partial charge in [0.1, 0.15) is 5.82 Å². The monoisotopic (exact) mass is 296 g/mol. The van der Waals surface area contributed by atoms with Crippen LogP contribution in [0.2, 0.25) is 5.02 Å². The number of fused-ring (bicyclic) bond motifs is 2. The molecule has 4 atom stereocenters. The van der Waals surface area contributed by atoms with Crippen LogP contribution in [-0.4, -0.2) is 6.04 Å². The maximum atomic E-state index is 13.8. The molecule has 4 unspecified atom stereocenters. The molecule has 0 saturated heterocycles. The number of hydrazine groups is 1. The number of benzene rings is 1. The summed E-state index contributed by atoms with van der Waals surface area (Å²) in [6.07, 6.45) is 7.16. The van der Waals surface area contributed by atoms with Crippen LogP contribution in [-0.2, 0) is 6.42 Å². The Labute approximate surface area is 124 Å². The van der Waals surface area contributed by atoms with Gasteiger partial charge in [0.2, 0.25) is 0 Å². The van der Waals surface area contributed by atoms with E-state index in [1.165, 1.54) is 31.7 Å². The number of rotatable bonds is 5. The minimum absolute atomic E-state index is 0.132. The molecular weight excluding hydrogens is 275 g/mol. The highest BCUT2D eigenvalue weighted by Crippen LogP contribution is 2.49. The fourth-order valence-corrected chi connectivity index (χ4v) is 4.40. The van der Waals surface area contributed by atoms with Crippen LogP contribution in [0.4, 0.5) is 4.39 Å².